The minimum Gasteiger partial charge on any atom is -0.365 e. The molecule has 2 aromatic rings. The van der Waals surface area contributed by atoms with Crippen LogP contribution < -0.4 is 4.90 Å². The molecule has 2 aromatic carbocycles. The second-order valence-corrected chi connectivity index (χ2v) is 5.21. The van der Waals surface area contributed by atoms with Crippen molar-refractivity contribution in [3.63, 3.8) is 0 Å². The number of anilines is 1. The number of rotatable bonds is 5. The SMILES string of the molecule is CCN(c1ccccc1C=C(C#N)C#N)[C@H](C)c1ccccc1. The first-order valence-corrected chi connectivity index (χ1v) is 7.63. The molecular weight excluding hydrogens is 282 g/mol. The molecule has 0 N–H and O–H groups in total. The standard InChI is InChI=1S/C20H19N3/c1-3-23(16(2)18-9-5-4-6-10-18)20-12-8-7-11-19(20)13-17(14-21)15-22/h4-13,16H,3H2,1-2H3/t16-/m1/s1. The van der Waals surface area contributed by atoms with Gasteiger partial charge in [-0.2, -0.15) is 10.5 Å². The highest BCUT2D eigenvalue weighted by Gasteiger charge is 2.16. The lowest BCUT2D eigenvalue weighted by Gasteiger charge is -2.32. The molecular formula is C20H19N3. The third-order valence-corrected chi connectivity index (χ3v) is 3.88. The maximum Gasteiger partial charge on any atom is 0.130 e. The fourth-order valence-electron chi connectivity index (χ4n) is 2.68. The number of allylic oxidation sites excluding steroid dienone is 1. The minimum atomic E-state index is 0.112. The summed E-state index contributed by atoms with van der Waals surface area (Å²) >= 11 is 0. The largest absolute Gasteiger partial charge is 0.365 e. The Kier molecular flexibility index (Phi) is 5.56. The molecule has 1 atom stereocenters. The van der Waals surface area contributed by atoms with Crippen LogP contribution in [-0.2, 0) is 0 Å². The molecule has 0 saturated carbocycles. The summed E-state index contributed by atoms with van der Waals surface area (Å²) < 4.78 is 0. The summed E-state index contributed by atoms with van der Waals surface area (Å²) in [6, 6.07) is 22.2. The van der Waals surface area contributed by atoms with Gasteiger partial charge in [-0.25, -0.2) is 0 Å². The highest BCUT2D eigenvalue weighted by molar-refractivity contribution is 5.73. The lowest BCUT2D eigenvalue weighted by atomic mass is 10.0. The van der Waals surface area contributed by atoms with Crippen molar-refractivity contribution in [2.75, 3.05) is 11.4 Å². The first kappa shape index (κ1) is 16.3. The molecule has 0 saturated heterocycles. The van der Waals surface area contributed by atoms with Crippen LogP contribution >= 0.6 is 0 Å². The van der Waals surface area contributed by atoms with Crippen molar-refractivity contribution in [2.45, 2.75) is 19.9 Å². The van der Waals surface area contributed by atoms with Crippen LogP contribution in [0, 0.1) is 22.7 Å². The normalized spacial score (nSPS) is 11.0. The van der Waals surface area contributed by atoms with Gasteiger partial charge in [-0.1, -0.05) is 48.5 Å². The summed E-state index contributed by atoms with van der Waals surface area (Å²) in [5, 5.41) is 18.0. The van der Waals surface area contributed by atoms with Gasteiger partial charge in [0.1, 0.15) is 17.7 Å². The van der Waals surface area contributed by atoms with Crippen LogP contribution in [0.5, 0.6) is 0 Å². The summed E-state index contributed by atoms with van der Waals surface area (Å²) in [5.74, 6) is 0. The number of nitrogens with zero attached hydrogens (tertiary/aromatic N) is 3. The van der Waals surface area contributed by atoms with Gasteiger partial charge in [0.2, 0.25) is 0 Å². The Morgan fingerprint density at radius 2 is 1.65 bits per heavy atom. The molecule has 0 unspecified atom stereocenters. The molecule has 0 heterocycles. The molecule has 2 rings (SSSR count). The number of para-hydroxylation sites is 1. The van der Waals surface area contributed by atoms with Gasteiger partial charge in [-0.05, 0) is 37.1 Å². The Morgan fingerprint density at radius 3 is 2.26 bits per heavy atom. The van der Waals surface area contributed by atoms with Crippen molar-refractivity contribution in [2.24, 2.45) is 0 Å². The minimum absolute atomic E-state index is 0.112. The van der Waals surface area contributed by atoms with Gasteiger partial charge in [0.15, 0.2) is 0 Å². The average molecular weight is 301 g/mol. The quantitative estimate of drug-likeness (QED) is 0.752. The van der Waals surface area contributed by atoms with Crippen LogP contribution in [0.25, 0.3) is 6.08 Å². The van der Waals surface area contributed by atoms with E-state index in [1.807, 2.05) is 54.6 Å². The van der Waals surface area contributed by atoms with Crippen molar-refractivity contribution in [3.8, 4) is 12.1 Å². The second kappa shape index (κ2) is 7.82. The van der Waals surface area contributed by atoms with Gasteiger partial charge in [-0.15, -0.1) is 0 Å². The zero-order chi connectivity index (χ0) is 16.7. The first-order chi connectivity index (χ1) is 11.2. The summed E-state index contributed by atoms with van der Waals surface area (Å²) in [6.45, 7) is 5.10. The van der Waals surface area contributed by atoms with Gasteiger partial charge in [0.25, 0.3) is 0 Å². The predicted octanol–water partition coefficient (Wildman–Crippen LogP) is 4.70. The van der Waals surface area contributed by atoms with Crippen molar-refractivity contribution < 1.29 is 0 Å². The van der Waals surface area contributed by atoms with Crippen LogP contribution in [0.2, 0.25) is 0 Å². The Hall–Kier alpha value is -3.04. The second-order valence-electron chi connectivity index (χ2n) is 5.21. The lowest BCUT2D eigenvalue weighted by molar-refractivity contribution is 0.689. The van der Waals surface area contributed by atoms with Gasteiger partial charge in [0, 0.05) is 12.2 Å². The van der Waals surface area contributed by atoms with E-state index >= 15 is 0 Å². The molecule has 0 aromatic heterocycles. The molecule has 0 radical (unpaired) electrons. The van der Waals surface area contributed by atoms with Crippen molar-refractivity contribution >= 4 is 11.8 Å². The summed E-state index contributed by atoms with van der Waals surface area (Å²) in [6.07, 6.45) is 1.65. The van der Waals surface area contributed by atoms with Gasteiger partial charge in [0.05, 0.1) is 6.04 Å². The number of hydrogen-bond donors (Lipinski definition) is 0. The molecule has 3 heteroatoms. The molecule has 0 aliphatic carbocycles. The zero-order valence-corrected chi connectivity index (χ0v) is 13.4. The fourth-order valence-corrected chi connectivity index (χ4v) is 2.68. The topological polar surface area (TPSA) is 50.8 Å². The number of benzene rings is 2. The monoisotopic (exact) mass is 301 g/mol. The molecule has 0 fully saturated rings. The van der Waals surface area contributed by atoms with Crippen LogP contribution in [0.4, 0.5) is 5.69 Å². The molecule has 3 nitrogen and oxygen atoms in total. The third kappa shape index (κ3) is 3.78. The Balaban J connectivity index is 2.46. The van der Waals surface area contributed by atoms with Crippen LogP contribution in [0.15, 0.2) is 60.2 Å². The Morgan fingerprint density at radius 1 is 1.04 bits per heavy atom. The maximum atomic E-state index is 9.01. The summed E-state index contributed by atoms with van der Waals surface area (Å²) in [4.78, 5) is 2.27. The van der Waals surface area contributed by atoms with E-state index in [-0.39, 0.29) is 11.6 Å². The Bertz CT molecular complexity index is 747. The highest BCUT2D eigenvalue weighted by atomic mass is 15.2. The van der Waals surface area contributed by atoms with E-state index in [9.17, 15) is 0 Å². The third-order valence-electron chi connectivity index (χ3n) is 3.88. The van der Waals surface area contributed by atoms with Crippen molar-refractivity contribution in [3.05, 3.63) is 71.3 Å². The van der Waals surface area contributed by atoms with E-state index in [1.165, 1.54) is 5.56 Å². The van der Waals surface area contributed by atoms with E-state index in [1.54, 1.807) is 6.08 Å². The van der Waals surface area contributed by atoms with E-state index in [0.29, 0.717) is 0 Å². The Labute approximate surface area is 137 Å². The average Bonchev–Trinajstić information content (AvgIpc) is 2.62. The van der Waals surface area contributed by atoms with Crippen LogP contribution in [-0.4, -0.2) is 6.54 Å². The smallest absolute Gasteiger partial charge is 0.130 e. The zero-order valence-electron chi connectivity index (χ0n) is 13.4. The predicted molar refractivity (Wildman–Crippen MR) is 93.5 cm³/mol. The number of hydrogen-bond acceptors (Lipinski definition) is 3. The molecule has 0 spiro atoms. The molecule has 114 valence electrons. The number of nitriles is 2. The first-order valence-electron chi connectivity index (χ1n) is 7.63. The van der Waals surface area contributed by atoms with Crippen LogP contribution in [0.1, 0.15) is 31.0 Å². The van der Waals surface area contributed by atoms with E-state index in [0.717, 1.165) is 17.8 Å². The van der Waals surface area contributed by atoms with Gasteiger partial charge in [-0.3, -0.25) is 0 Å². The maximum absolute atomic E-state index is 9.01. The van der Waals surface area contributed by atoms with Crippen molar-refractivity contribution in [1.29, 1.82) is 10.5 Å². The van der Waals surface area contributed by atoms with Gasteiger partial charge < -0.3 is 4.90 Å². The highest BCUT2D eigenvalue weighted by Crippen LogP contribution is 2.30. The summed E-state index contributed by atoms with van der Waals surface area (Å²) in [5.41, 5.74) is 3.25. The van der Waals surface area contributed by atoms with Crippen molar-refractivity contribution in [1.82, 2.24) is 0 Å². The molecule has 23 heavy (non-hydrogen) atoms. The molecule has 0 aliphatic rings. The molecule has 0 amide bonds. The molecule has 0 bridgehead atoms. The van der Waals surface area contributed by atoms with E-state index in [4.69, 9.17) is 10.5 Å². The fraction of sp³-hybridized carbons (Fsp3) is 0.200. The van der Waals surface area contributed by atoms with Gasteiger partial charge >= 0.3 is 0 Å². The van der Waals surface area contributed by atoms with E-state index in [2.05, 4.69) is 30.9 Å². The molecule has 0 aliphatic heterocycles. The van der Waals surface area contributed by atoms with Crippen LogP contribution in [0.3, 0.4) is 0 Å². The van der Waals surface area contributed by atoms with E-state index < -0.39 is 0 Å². The summed E-state index contributed by atoms with van der Waals surface area (Å²) in [7, 11) is 0. The lowest BCUT2D eigenvalue weighted by Crippen LogP contribution is -2.27.